The average Bonchev–Trinajstić information content (AvgIpc) is 2.59. The number of nitro benzene ring substituents is 1. The fourth-order valence-corrected chi connectivity index (χ4v) is 3.37. The quantitative estimate of drug-likeness (QED) is 0.576. The van der Waals surface area contributed by atoms with Crippen LogP contribution in [0.25, 0.3) is 0 Å². The molecule has 27 heavy (non-hydrogen) atoms. The average molecular weight is 391 g/mol. The van der Waals surface area contributed by atoms with Crippen LogP contribution in [0.4, 0.5) is 11.4 Å². The number of aryl methyl sites for hydroxylation is 1. The van der Waals surface area contributed by atoms with Gasteiger partial charge >= 0.3 is 0 Å². The number of hydrogen-bond donors (Lipinski definition) is 1. The van der Waals surface area contributed by atoms with Crippen molar-refractivity contribution in [3.05, 3.63) is 69.8 Å². The number of nitrogens with one attached hydrogen (secondary N) is 1. The van der Waals surface area contributed by atoms with Gasteiger partial charge in [0.1, 0.15) is 6.54 Å². The van der Waals surface area contributed by atoms with E-state index in [0.717, 1.165) is 27.8 Å². The van der Waals surface area contributed by atoms with Gasteiger partial charge in [-0.15, -0.1) is 0 Å². The van der Waals surface area contributed by atoms with Gasteiger partial charge in [-0.2, -0.15) is 0 Å². The van der Waals surface area contributed by atoms with Gasteiger partial charge in [0.15, 0.2) is 0 Å². The summed E-state index contributed by atoms with van der Waals surface area (Å²) in [5.41, 5.74) is 1.78. The molecule has 0 radical (unpaired) electrons. The van der Waals surface area contributed by atoms with Crippen LogP contribution in [0.15, 0.2) is 48.5 Å². The van der Waals surface area contributed by atoms with Crippen molar-refractivity contribution in [1.82, 2.24) is 5.32 Å². The van der Waals surface area contributed by atoms with Gasteiger partial charge in [0.25, 0.3) is 5.69 Å². The predicted octanol–water partition coefficient (Wildman–Crippen LogP) is 2.55. The summed E-state index contributed by atoms with van der Waals surface area (Å²) in [4.78, 5) is 22.7. The lowest BCUT2D eigenvalue weighted by Gasteiger charge is -2.23. The minimum absolute atomic E-state index is 0.0600. The van der Waals surface area contributed by atoms with Crippen LogP contribution in [0.3, 0.4) is 0 Å². The molecule has 1 amide bonds. The molecule has 0 saturated carbocycles. The van der Waals surface area contributed by atoms with E-state index in [-0.39, 0.29) is 17.4 Å². The molecule has 0 spiro atoms. The molecule has 0 bridgehead atoms. The molecule has 1 atom stereocenters. The van der Waals surface area contributed by atoms with E-state index in [2.05, 4.69) is 5.32 Å². The highest BCUT2D eigenvalue weighted by Gasteiger charge is 2.23. The van der Waals surface area contributed by atoms with Crippen molar-refractivity contribution in [3.63, 3.8) is 0 Å². The summed E-state index contributed by atoms with van der Waals surface area (Å²) < 4.78 is 25.1. The van der Waals surface area contributed by atoms with Crippen molar-refractivity contribution < 1.29 is 18.1 Å². The van der Waals surface area contributed by atoms with Crippen LogP contribution in [0.5, 0.6) is 0 Å². The van der Waals surface area contributed by atoms with Crippen LogP contribution in [0.2, 0.25) is 0 Å². The van der Waals surface area contributed by atoms with E-state index >= 15 is 0 Å². The fourth-order valence-electron chi connectivity index (χ4n) is 2.52. The predicted molar refractivity (Wildman–Crippen MR) is 103 cm³/mol. The SMILES string of the molecule is Cc1ccc([C@H](C)NC(=O)CN(c2cccc([N+](=O)[O-])c2)S(C)(=O)=O)cc1. The Balaban J connectivity index is 2.19. The molecule has 0 aliphatic heterocycles. The molecule has 0 aromatic heterocycles. The maximum Gasteiger partial charge on any atom is 0.271 e. The minimum atomic E-state index is -3.81. The standard InChI is InChI=1S/C18H21N3O5S/c1-13-7-9-15(10-8-13)14(2)19-18(22)12-20(27(3,25)26)16-5-4-6-17(11-16)21(23)24/h4-11,14H,12H2,1-3H3,(H,19,22)/t14-/m0/s1. The first-order valence-corrected chi connectivity index (χ1v) is 10.0. The number of non-ortho nitro benzene ring substituents is 1. The van der Waals surface area contributed by atoms with E-state index in [1.54, 1.807) is 6.92 Å². The van der Waals surface area contributed by atoms with Gasteiger partial charge in [0.05, 0.1) is 22.9 Å². The number of nitrogens with zero attached hydrogens (tertiary/aromatic N) is 2. The summed E-state index contributed by atoms with van der Waals surface area (Å²) in [5, 5.41) is 13.7. The number of rotatable bonds is 7. The molecule has 2 aromatic rings. The van der Waals surface area contributed by atoms with E-state index in [1.807, 2.05) is 31.2 Å². The third-order valence-electron chi connectivity index (χ3n) is 3.97. The van der Waals surface area contributed by atoms with Crippen LogP contribution in [0.1, 0.15) is 24.1 Å². The molecule has 1 N–H and O–H groups in total. The first-order chi connectivity index (χ1) is 12.6. The molecule has 144 valence electrons. The Kier molecular flexibility index (Phi) is 6.17. The Hall–Kier alpha value is -2.94. The van der Waals surface area contributed by atoms with Crippen molar-refractivity contribution >= 4 is 27.3 Å². The van der Waals surface area contributed by atoms with Crippen LogP contribution in [-0.4, -0.2) is 32.0 Å². The summed E-state index contributed by atoms with van der Waals surface area (Å²) in [6, 6.07) is 12.5. The molecule has 2 rings (SSSR count). The van der Waals surface area contributed by atoms with Crippen molar-refractivity contribution in [2.45, 2.75) is 19.9 Å². The maximum atomic E-state index is 12.4. The van der Waals surface area contributed by atoms with E-state index < -0.39 is 27.4 Å². The molecule has 0 saturated heterocycles. The Morgan fingerprint density at radius 1 is 1.22 bits per heavy atom. The minimum Gasteiger partial charge on any atom is -0.348 e. The zero-order valence-corrected chi connectivity index (χ0v) is 16.1. The zero-order chi connectivity index (χ0) is 20.2. The van der Waals surface area contributed by atoms with E-state index in [1.165, 1.54) is 18.2 Å². The summed E-state index contributed by atoms with van der Waals surface area (Å²) >= 11 is 0. The van der Waals surface area contributed by atoms with Crippen LogP contribution >= 0.6 is 0 Å². The second-order valence-electron chi connectivity index (χ2n) is 6.25. The summed E-state index contributed by atoms with van der Waals surface area (Å²) in [7, 11) is -3.81. The number of benzene rings is 2. The molecule has 9 heteroatoms. The topological polar surface area (TPSA) is 110 Å². The molecular formula is C18H21N3O5S. The van der Waals surface area contributed by atoms with Crippen LogP contribution in [0, 0.1) is 17.0 Å². The molecule has 0 aliphatic rings. The number of anilines is 1. The van der Waals surface area contributed by atoms with Crippen molar-refractivity contribution in [2.75, 3.05) is 17.1 Å². The van der Waals surface area contributed by atoms with Crippen molar-refractivity contribution in [2.24, 2.45) is 0 Å². The molecular weight excluding hydrogens is 370 g/mol. The van der Waals surface area contributed by atoms with E-state index in [0.29, 0.717) is 0 Å². The monoisotopic (exact) mass is 391 g/mol. The van der Waals surface area contributed by atoms with E-state index in [4.69, 9.17) is 0 Å². The number of sulfonamides is 1. The maximum absolute atomic E-state index is 12.4. The summed E-state index contributed by atoms with van der Waals surface area (Å²) in [6.07, 6.45) is 0.947. The smallest absolute Gasteiger partial charge is 0.271 e. The lowest BCUT2D eigenvalue weighted by atomic mass is 10.1. The highest BCUT2D eigenvalue weighted by atomic mass is 32.2. The normalized spacial score (nSPS) is 12.3. The van der Waals surface area contributed by atoms with Gasteiger partial charge in [-0.3, -0.25) is 19.2 Å². The first-order valence-electron chi connectivity index (χ1n) is 8.16. The fraction of sp³-hybridized carbons (Fsp3) is 0.278. The Morgan fingerprint density at radius 2 is 1.85 bits per heavy atom. The molecule has 8 nitrogen and oxygen atoms in total. The highest BCUT2D eigenvalue weighted by Crippen LogP contribution is 2.23. The second kappa shape index (κ2) is 8.17. The third-order valence-corrected chi connectivity index (χ3v) is 5.11. The Morgan fingerprint density at radius 3 is 2.41 bits per heavy atom. The third kappa shape index (κ3) is 5.52. The van der Waals surface area contributed by atoms with Gasteiger partial charge in [-0.05, 0) is 25.5 Å². The summed E-state index contributed by atoms with van der Waals surface area (Å²) in [5.74, 6) is -0.514. The van der Waals surface area contributed by atoms with Gasteiger partial charge in [-0.25, -0.2) is 8.42 Å². The molecule has 0 fully saturated rings. The molecule has 2 aromatic carbocycles. The largest absolute Gasteiger partial charge is 0.348 e. The lowest BCUT2D eigenvalue weighted by Crippen LogP contribution is -2.41. The molecule has 0 heterocycles. The highest BCUT2D eigenvalue weighted by molar-refractivity contribution is 7.92. The van der Waals surface area contributed by atoms with Gasteiger partial charge in [0.2, 0.25) is 15.9 Å². The first kappa shape index (κ1) is 20.4. The van der Waals surface area contributed by atoms with Crippen LogP contribution in [-0.2, 0) is 14.8 Å². The Bertz CT molecular complexity index is 942. The number of hydrogen-bond acceptors (Lipinski definition) is 5. The van der Waals surface area contributed by atoms with Gasteiger partial charge in [-0.1, -0.05) is 35.9 Å². The zero-order valence-electron chi connectivity index (χ0n) is 15.2. The number of amides is 1. The second-order valence-corrected chi connectivity index (χ2v) is 8.15. The van der Waals surface area contributed by atoms with E-state index in [9.17, 15) is 23.3 Å². The Labute approximate surface area is 158 Å². The lowest BCUT2D eigenvalue weighted by molar-refractivity contribution is -0.384. The molecule has 0 unspecified atom stereocenters. The van der Waals surface area contributed by atoms with Crippen molar-refractivity contribution in [1.29, 1.82) is 0 Å². The number of carbonyl (C=O) groups is 1. The summed E-state index contributed by atoms with van der Waals surface area (Å²) in [6.45, 7) is 3.27. The van der Waals surface area contributed by atoms with Crippen LogP contribution < -0.4 is 9.62 Å². The molecule has 0 aliphatic carbocycles. The number of nitro groups is 1. The van der Waals surface area contributed by atoms with Crippen molar-refractivity contribution in [3.8, 4) is 0 Å². The van der Waals surface area contributed by atoms with Gasteiger partial charge in [0, 0.05) is 12.1 Å². The number of carbonyl (C=O) groups excluding carboxylic acids is 1. The van der Waals surface area contributed by atoms with Gasteiger partial charge < -0.3 is 5.32 Å².